The highest BCUT2D eigenvalue weighted by atomic mass is 31.2. The van der Waals surface area contributed by atoms with Crippen molar-refractivity contribution in [2.24, 2.45) is 0 Å². The molecule has 2 atom stereocenters. The third-order valence-electron chi connectivity index (χ3n) is 5.39. The Labute approximate surface area is 167 Å². The van der Waals surface area contributed by atoms with E-state index in [1.807, 2.05) is 18.8 Å². The van der Waals surface area contributed by atoms with E-state index in [0.29, 0.717) is 26.2 Å². The van der Waals surface area contributed by atoms with Crippen LogP contribution in [0.15, 0.2) is 0 Å². The molecule has 0 aliphatic carbocycles. The molecule has 1 saturated heterocycles. The van der Waals surface area contributed by atoms with E-state index in [1.54, 1.807) is 4.67 Å². The van der Waals surface area contributed by atoms with Crippen LogP contribution in [0.3, 0.4) is 0 Å². The quantitative estimate of drug-likeness (QED) is 0.292. The normalized spacial score (nSPS) is 20.1. The summed E-state index contributed by atoms with van der Waals surface area (Å²) in [6.07, 6.45) is 13.1. The third kappa shape index (κ3) is 9.38. The van der Waals surface area contributed by atoms with E-state index in [-0.39, 0.29) is 6.10 Å². The molecule has 1 aliphatic heterocycles. The molecule has 7 heteroatoms. The van der Waals surface area contributed by atoms with Gasteiger partial charge in [-0.1, -0.05) is 71.6 Å². The van der Waals surface area contributed by atoms with E-state index in [1.165, 1.54) is 50.0 Å². The second-order valence-corrected chi connectivity index (χ2v) is 10.6. The van der Waals surface area contributed by atoms with Crippen LogP contribution in [0.2, 0.25) is 0 Å². The molecule has 0 amide bonds. The molecule has 0 radical (unpaired) electrons. The predicted octanol–water partition coefficient (Wildman–Crippen LogP) is 5.38. The lowest BCUT2D eigenvalue weighted by Gasteiger charge is -2.40. The van der Waals surface area contributed by atoms with Gasteiger partial charge < -0.3 is 9.73 Å². The van der Waals surface area contributed by atoms with Gasteiger partial charge in [0, 0.05) is 26.2 Å². The molecule has 1 unspecified atom stereocenters. The Bertz CT molecular complexity index is 415. The van der Waals surface area contributed by atoms with Gasteiger partial charge in [0.2, 0.25) is 0 Å². The number of unbranched alkanes of at least 4 members (excludes halogenated alkanes) is 7. The van der Waals surface area contributed by atoms with E-state index in [9.17, 15) is 9.77 Å². The maximum absolute atomic E-state index is 13.7. The Kier molecular flexibility index (Phi) is 13.1. The summed E-state index contributed by atoms with van der Waals surface area (Å²) in [6.45, 7) is 6.64. The minimum absolute atomic E-state index is 0.0591. The Morgan fingerprint density at radius 3 is 1.85 bits per heavy atom. The zero-order chi connectivity index (χ0) is 20.1. The Morgan fingerprint density at radius 2 is 1.37 bits per heavy atom. The number of piperazine rings is 1. The average molecular weight is 406 g/mol. The van der Waals surface area contributed by atoms with Crippen LogP contribution in [0.4, 0.5) is 0 Å². The van der Waals surface area contributed by atoms with Crippen LogP contribution in [-0.4, -0.2) is 66.0 Å². The molecule has 6 nitrogen and oxygen atoms in total. The van der Waals surface area contributed by atoms with Crippen molar-refractivity contribution in [3.8, 4) is 0 Å². The highest BCUT2D eigenvalue weighted by Gasteiger charge is 2.38. The van der Waals surface area contributed by atoms with Gasteiger partial charge in [0.15, 0.2) is 0 Å². The van der Waals surface area contributed by atoms with Gasteiger partial charge in [0.1, 0.15) is 0 Å². The fourth-order valence-electron chi connectivity index (χ4n) is 3.57. The number of hydroxylamine groups is 2. The van der Waals surface area contributed by atoms with Gasteiger partial charge >= 0.3 is 7.67 Å². The number of nitrogens with zero attached hydrogens (tertiary/aromatic N) is 3. The van der Waals surface area contributed by atoms with Gasteiger partial charge in [0.05, 0.1) is 6.10 Å². The standard InChI is InChI=1S/C20H44N3O3P/c1-5-7-9-11-13-15-20(14-12-10-8-6-2)26-27(25,21(3)4)23-18-16-22(24)17-19-23/h20,24H,5-19H2,1-4H3/t20-,27?/m0/s1. The molecule has 1 aliphatic rings. The van der Waals surface area contributed by atoms with Gasteiger partial charge in [-0.05, 0) is 26.9 Å². The molecular weight excluding hydrogens is 361 g/mol. The SMILES string of the molecule is CCCCCCC[C@H](CCCCCC)OP(=O)(N(C)C)N1CCN(O)CC1. The first-order chi connectivity index (χ1) is 12.9. The highest BCUT2D eigenvalue weighted by molar-refractivity contribution is 7.53. The number of rotatable bonds is 15. The zero-order valence-corrected chi connectivity index (χ0v) is 19.1. The second kappa shape index (κ2) is 14.1. The molecular formula is C20H44N3O3P. The van der Waals surface area contributed by atoms with E-state index >= 15 is 0 Å². The van der Waals surface area contributed by atoms with Crippen molar-refractivity contribution in [2.45, 2.75) is 90.6 Å². The van der Waals surface area contributed by atoms with Gasteiger partial charge in [-0.15, -0.1) is 0 Å². The number of hydrogen-bond acceptors (Lipinski definition) is 4. The Hall–Kier alpha value is 0.0300. The molecule has 0 aromatic carbocycles. The van der Waals surface area contributed by atoms with Crippen LogP contribution in [0.25, 0.3) is 0 Å². The third-order valence-corrected chi connectivity index (χ3v) is 8.09. The lowest BCUT2D eigenvalue weighted by Crippen LogP contribution is -2.45. The fraction of sp³-hybridized carbons (Fsp3) is 1.00. The predicted molar refractivity (Wildman–Crippen MR) is 113 cm³/mol. The molecule has 1 N–H and O–H groups in total. The first kappa shape index (κ1) is 25.1. The zero-order valence-electron chi connectivity index (χ0n) is 18.2. The summed E-state index contributed by atoms with van der Waals surface area (Å²) >= 11 is 0. The minimum Gasteiger partial charge on any atom is -0.314 e. The van der Waals surface area contributed by atoms with Crippen molar-refractivity contribution in [1.82, 2.24) is 14.4 Å². The van der Waals surface area contributed by atoms with Crippen LogP contribution in [0.5, 0.6) is 0 Å². The molecule has 1 fully saturated rings. The first-order valence-electron chi connectivity index (χ1n) is 11.1. The van der Waals surface area contributed by atoms with Gasteiger partial charge in [0.25, 0.3) is 0 Å². The molecule has 27 heavy (non-hydrogen) atoms. The van der Waals surface area contributed by atoms with Crippen molar-refractivity contribution in [3.05, 3.63) is 0 Å². The van der Waals surface area contributed by atoms with Crippen molar-refractivity contribution in [2.75, 3.05) is 40.3 Å². The van der Waals surface area contributed by atoms with Crippen LogP contribution >= 0.6 is 7.67 Å². The number of hydrogen-bond donors (Lipinski definition) is 1. The second-order valence-electron chi connectivity index (χ2n) is 8.02. The Balaban J connectivity index is 2.66. The van der Waals surface area contributed by atoms with Gasteiger partial charge in [-0.25, -0.2) is 9.34 Å². The van der Waals surface area contributed by atoms with Crippen molar-refractivity contribution >= 4 is 7.67 Å². The molecule has 0 aromatic rings. The minimum atomic E-state index is -3.04. The van der Waals surface area contributed by atoms with E-state index in [2.05, 4.69) is 13.8 Å². The van der Waals surface area contributed by atoms with Crippen LogP contribution in [-0.2, 0) is 9.09 Å². The van der Waals surface area contributed by atoms with Gasteiger partial charge in [-0.3, -0.25) is 4.57 Å². The van der Waals surface area contributed by atoms with Crippen LogP contribution < -0.4 is 0 Å². The van der Waals surface area contributed by atoms with Crippen LogP contribution in [0, 0.1) is 0 Å². The fourth-order valence-corrected chi connectivity index (χ4v) is 5.68. The molecule has 0 spiro atoms. The summed E-state index contributed by atoms with van der Waals surface area (Å²) in [5.41, 5.74) is 0. The van der Waals surface area contributed by atoms with Crippen LogP contribution in [0.1, 0.15) is 84.5 Å². The molecule has 1 heterocycles. The molecule has 0 saturated carbocycles. The topological polar surface area (TPSA) is 56.2 Å². The molecule has 1 rings (SSSR count). The maximum atomic E-state index is 13.7. The maximum Gasteiger partial charge on any atom is 0.345 e. The average Bonchev–Trinajstić information content (AvgIpc) is 2.65. The summed E-state index contributed by atoms with van der Waals surface area (Å²) in [4.78, 5) is 0. The summed E-state index contributed by atoms with van der Waals surface area (Å²) in [7, 11) is 0.660. The summed E-state index contributed by atoms with van der Waals surface area (Å²) in [5.74, 6) is 0. The van der Waals surface area contributed by atoms with E-state index in [4.69, 9.17) is 4.52 Å². The Morgan fingerprint density at radius 1 is 0.889 bits per heavy atom. The molecule has 162 valence electrons. The van der Waals surface area contributed by atoms with E-state index < -0.39 is 7.67 Å². The monoisotopic (exact) mass is 405 g/mol. The highest BCUT2D eigenvalue weighted by Crippen LogP contribution is 2.54. The lowest BCUT2D eigenvalue weighted by atomic mass is 10.0. The van der Waals surface area contributed by atoms with Crippen molar-refractivity contribution < 1.29 is 14.3 Å². The van der Waals surface area contributed by atoms with Crippen molar-refractivity contribution in [1.29, 1.82) is 0 Å². The first-order valence-corrected chi connectivity index (χ1v) is 12.6. The summed E-state index contributed by atoms with van der Waals surface area (Å²) < 4.78 is 23.8. The van der Waals surface area contributed by atoms with E-state index in [0.717, 1.165) is 25.7 Å². The summed E-state index contributed by atoms with van der Waals surface area (Å²) in [6, 6.07) is 0. The van der Waals surface area contributed by atoms with Gasteiger partial charge in [-0.2, -0.15) is 5.06 Å². The lowest BCUT2D eigenvalue weighted by molar-refractivity contribution is -0.110. The summed E-state index contributed by atoms with van der Waals surface area (Å²) in [5, 5.41) is 10.9. The largest absolute Gasteiger partial charge is 0.345 e. The molecule has 0 aromatic heterocycles. The molecule has 0 bridgehead atoms. The smallest absolute Gasteiger partial charge is 0.314 e. The van der Waals surface area contributed by atoms with Crippen molar-refractivity contribution in [3.63, 3.8) is 0 Å².